The van der Waals surface area contributed by atoms with Crippen LogP contribution in [0.3, 0.4) is 0 Å². The Bertz CT molecular complexity index is 605. The summed E-state index contributed by atoms with van der Waals surface area (Å²) in [6, 6.07) is 5.60. The Morgan fingerprint density at radius 3 is 2.67 bits per heavy atom. The van der Waals surface area contributed by atoms with Crippen LogP contribution < -0.4 is 4.72 Å². The van der Waals surface area contributed by atoms with Gasteiger partial charge < -0.3 is 4.90 Å². The van der Waals surface area contributed by atoms with Crippen molar-refractivity contribution >= 4 is 41.9 Å². The molecule has 0 saturated carbocycles. The molecule has 1 fully saturated rings. The zero-order valence-corrected chi connectivity index (χ0v) is 16.1. The van der Waals surface area contributed by atoms with Crippen molar-refractivity contribution in [1.29, 1.82) is 0 Å². The predicted octanol–water partition coefficient (Wildman–Crippen LogP) is 3.22. The third-order valence-electron chi connectivity index (χ3n) is 3.79. The summed E-state index contributed by atoms with van der Waals surface area (Å²) in [5.41, 5.74) is 0. The molecule has 1 aromatic rings. The Morgan fingerprint density at radius 2 is 2.10 bits per heavy atom. The van der Waals surface area contributed by atoms with Crippen LogP contribution in [-0.4, -0.2) is 39.0 Å². The first-order chi connectivity index (χ1) is 9.79. The summed E-state index contributed by atoms with van der Waals surface area (Å²) < 4.78 is 28.9. The molecular weight excluding hydrogens is 420 g/mol. The Hall–Kier alpha value is 0.0500. The highest BCUT2D eigenvalue weighted by Crippen LogP contribution is 2.26. The van der Waals surface area contributed by atoms with Crippen molar-refractivity contribution in [1.82, 2.24) is 9.62 Å². The van der Waals surface area contributed by atoms with Gasteiger partial charge in [0.1, 0.15) is 0 Å². The first kappa shape index (κ1) is 17.4. The Balaban J connectivity index is 1.99. The fraction of sp³-hybridized carbons (Fsp3) is 0.571. The standard InChI is InChI=1S/C14H20Br2N2O2S/c1-10(2)18-6-5-11(9-18)8-17-21(19,20)14-4-3-12(15)7-13(14)16/h3-4,7,10-11,17H,5-6,8-9H2,1-2H3. The smallest absolute Gasteiger partial charge is 0.241 e. The van der Waals surface area contributed by atoms with Crippen LogP contribution in [0.2, 0.25) is 0 Å². The minimum Gasteiger partial charge on any atom is -0.301 e. The van der Waals surface area contributed by atoms with E-state index in [-0.39, 0.29) is 4.90 Å². The summed E-state index contributed by atoms with van der Waals surface area (Å²) in [5, 5.41) is 0. The van der Waals surface area contributed by atoms with E-state index >= 15 is 0 Å². The summed E-state index contributed by atoms with van der Waals surface area (Å²) in [6.45, 7) is 6.85. The fourth-order valence-electron chi connectivity index (χ4n) is 2.50. The highest BCUT2D eigenvalue weighted by atomic mass is 79.9. The number of nitrogens with zero attached hydrogens (tertiary/aromatic N) is 1. The molecule has 0 bridgehead atoms. The maximum Gasteiger partial charge on any atom is 0.241 e. The van der Waals surface area contributed by atoms with Crippen molar-refractivity contribution in [2.75, 3.05) is 19.6 Å². The summed E-state index contributed by atoms with van der Waals surface area (Å²) in [4.78, 5) is 2.67. The van der Waals surface area contributed by atoms with Crippen LogP contribution in [0.4, 0.5) is 0 Å². The van der Waals surface area contributed by atoms with Gasteiger partial charge in [0.15, 0.2) is 0 Å². The molecule has 7 heteroatoms. The molecule has 2 rings (SSSR count). The molecule has 118 valence electrons. The molecule has 1 aliphatic heterocycles. The van der Waals surface area contributed by atoms with E-state index in [0.29, 0.717) is 23.0 Å². The van der Waals surface area contributed by atoms with E-state index in [0.717, 1.165) is 24.0 Å². The second-order valence-corrected chi connectivity index (χ2v) is 9.18. The van der Waals surface area contributed by atoms with Gasteiger partial charge in [-0.15, -0.1) is 0 Å². The Kier molecular flexibility index (Phi) is 5.87. The number of hydrogen-bond donors (Lipinski definition) is 1. The van der Waals surface area contributed by atoms with Gasteiger partial charge in [0.25, 0.3) is 0 Å². The van der Waals surface area contributed by atoms with Gasteiger partial charge in [-0.25, -0.2) is 13.1 Å². The van der Waals surface area contributed by atoms with E-state index in [4.69, 9.17) is 0 Å². The number of benzene rings is 1. The molecule has 0 spiro atoms. The molecule has 1 unspecified atom stereocenters. The Morgan fingerprint density at radius 1 is 1.38 bits per heavy atom. The first-order valence-electron chi connectivity index (χ1n) is 6.98. The molecule has 1 atom stereocenters. The van der Waals surface area contributed by atoms with Crippen LogP contribution >= 0.6 is 31.9 Å². The van der Waals surface area contributed by atoms with Gasteiger partial charge in [-0.2, -0.15) is 0 Å². The van der Waals surface area contributed by atoms with E-state index in [2.05, 4.69) is 55.3 Å². The average molecular weight is 440 g/mol. The lowest BCUT2D eigenvalue weighted by Crippen LogP contribution is -2.33. The summed E-state index contributed by atoms with van der Waals surface area (Å²) >= 11 is 6.63. The van der Waals surface area contributed by atoms with E-state index < -0.39 is 10.0 Å². The fourth-order valence-corrected chi connectivity index (χ4v) is 5.36. The van der Waals surface area contributed by atoms with Crippen LogP contribution in [0, 0.1) is 5.92 Å². The number of halogens is 2. The molecule has 1 aromatic carbocycles. The topological polar surface area (TPSA) is 49.4 Å². The number of sulfonamides is 1. The molecule has 1 saturated heterocycles. The van der Waals surface area contributed by atoms with Gasteiger partial charge in [0.2, 0.25) is 10.0 Å². The molecule has 21 heavy (non-hydrogen) atoms. The summed E-state index contributed by atoms with van der Waals surface area (Å²) in [5.74, 6) is 0.386. The third-order valence-corrected chi connectivity index (χ3v) is 6.69. The van der Waals surface area contributed by atoms with Crippen molar-refractivity contribution in [3.05, 3.63) is 27.1 Å². The van der Waals surface area contributed by atoms with Gasteiger partial charge in [-0.05, 0) is 66.9 Å². The molecular formula is C14H20Br2N2O2S. The lowest BCUT2D eigenvalue weighted by atomic mass is 10.1. The number of hydrogen-bond acceptors (Lipinski definition) is 3. The van der Waals surface area contributed by atoms with Crippen molar-refractivity contribution in [2.45, 2.75) is 31.2 Å². The molecule has 4 nitrogen and oxygen atoms in total. The van der Waals surface area contributed by atoms with E-state index in [1.807, 2.05) is 0 Å². The quantitative estimate of drug-likeness (QED) is 0.766. The van der Waals surface area contributed by atoms with Crippen molar-refractivity contribution in [3.8, 4) is 0 Å². The van der Waals surface area contributed by atoms with Crippen LogP contribution in [0.5, 0.6) is 0 Å². The van der Waals surface area contributed by atoms with Crippen molar-refractivity contribution in [2.24, 2.45) is 5.92 Å². The second kappa shape index (κ2) is 7.08. The molecule has 1 heterocycles. The molecule has 1 aliphatic rings. The molecule has 0 amide bonds. The lowest BCUT2D eigenvalue weighted by Gasteiger charge is -2.20. The summed E-state index contributed by atoms with van der Waals surface area (Å²) in [6.07, 6.45) is 1.04. The SMILES string of the molecule is CC(C)N1CCC(CNS(=O)(=O)c2ccc(Br)cc2Br)C1. The maximum absolute atomic E-state index is 12.4. The lowest BCUT2D eigenvalue weighted by molar-refractivity contribution is 0.265. The van der Waals surface area contributed by atoms with Gasteiger partial charge in [-0.3, -0.25) is 0 Å². The first-order valence-corrected chi connectivity index (χ1v) is 10.1. The number of nitrogens with one attached hydrogen (secondary N) is 1. The minimum atomic E-state index is -3.47. The van der Waals surface area contributed by atoms with Crippen LogP contribution in [0.1, 0.15) is 20.3 Å². The van der Waals surface area contributed by atoms with Crippen LogP contribution in [-0.2, 0) is 10.0 Å². The highest BCUT2D eigenvalue weighted by Gasteiger charge is 2.26. The van der Waals surface area contributed by atoms with Crippen LogP contribution in [0.25, 0.3) is 0 Å². The largest absolute Gasteiger partial charge is 0.301 e. The predicted molar refractivity (Wildman–Crippen MR) is 91.8 cm³/mol. The monoisotopic (exact) mass is 438 g/mol. The minimum absolute atomic E-state index is 0.282. The zero-order chi connectivity index (χ0) is 15.6. The van der Waals surface area contributed by atoms with Crippen LogP contribution in [0.15, 0.2) is 32.0 Å². The zero-order valence-electron chi connectivity index (χ0n) is 12.1. The van der Waals surface area contributed by atoms with Gasteiger partial charge in [0.05, 0.1) is 4.90 Å². The van der Waals surface area contributed by atoms with Crippen molar-refractivity contribution < 1.29 is 8.42 Å². The van der Waals surface area contributed by atoms with Gasteiger partial charge in [0, 0.05) is 28.1 Å². The molecule has 1 N–H and O–H groups in total. The number of likely N-dealkylation sites (tertiary alicyclic amines) is 1. The molecule has 0 aromatic heterocycles. The van der Waals surface area contributed by atoms with E-state index in [9.17, 15) is 8.42 Å². The number of rotatable bonds is 5. The Labute approximate surface area is 143 Å². The van der Waals surface area contributed by atoms with E-state index in [1.54, 1.807) is 18.2 Å². The highest BCUT2D eigenvalue weighted by molar-refractivity contribution is 9.11. The molecule has 0 radical (unpaired) electrons. The second-order valence-electron chi connectivity index (χ2n) is 5.67. The van der Waals surface area contributed by atoms with E-state index in [1.165, 1.54) is 0 Å². The van der Waals surface area contributed by atoms with Gasteiger partial charge >= 0.3 is 0 Å². The molecule has 0 aliphatic carbocycles. The van der Waals surface area contributed by atoms with Gasteiger partial charge in [-0.1, -0.05) is 15.9 Å². The third kappa shape index (κ3) is 4.51. The summed E-state index contributed by atoms with van der Waals surface area (Å²) in [7, 11) is -3.47. The maximum atomic E-state index is 12.4. The van der Waals surface area contributed by atoms with Crippen molar-refractivity contribution in [3.63, 3.8) is 0 Å². The normalized spacial score (nSPS) is 20.3. The average Bonchev–Trinajstić information content (AvgIpc) is 2.85.